The van der Waals surface area contributed by atoms with Gasteiger partial charge in [-0.2, -0.15) is 0 Å². The van der Waals surface area contributed by atoms with Crippen LogP contribution in [0.15, 0.2) is 36.4 Å². The highest BCUT2D eigenvalue weighted by Gasteiger charge is 2.09. The highest BCUT2D eigenvalue weighted by molar-refractivity contribution is 6.31. The van der Waals surface area contributed by atoms with Crippen molar-refractivity contribution in [1.82, 2.24) is 0 Å². The van der Waals surface area contributed by atoms with E-state index in [2.05, 4.69) is 6.07 Å². The summed E-state index contributed by atoms with van der Waals surface area (Å²) in [6.45, 7) is 2.15. The van der Waals surface area contributed by atoms with E-state index < -0.39 is 0 Å². The quantitative estimate of drug-likeness (QED) is 0.772. The van der Waals surface area contributed by atoms with E-state index in [1.54, 1.807) is 7.11 Å². The fraction of sp³-hybridized carbons (Fsp3) is 0.200. The Morgan fingerprint density at radius 1 is 1.28 bits per heavy atom. The van der Waals surface area contributed by atoms with Crippen molar-refractivity contribution >= 4 is 11.6 Å². The predicted octanol–water partition coefficient (Wildman–Crippen LogP) is 4.10. The summed E-state index contributed by atoms with van der Waals surface area (Å²) in [4.78, 5) is 0. The number of ether oxygens (including phenoxy) is 2. The molecule has 0 aliphatic heterocycles. The maximum Gasteiger partial charge on any atom is 0.188 e. The first-order valence-electron chi connectivity index (χ1n) is 5.61. The van der Waals surface area contributed by atoms with Gasteiger partial charge in [-0.1, -0.05) is 35.9 Å². The molecule has 2 rings (SSSR count). The summed E-state index contributed by atoms with van der Waals surface area (Å²) in [5.41, 5.74) is 2.84. The van der Waals surface area contributed by atoms with Crippen molar-refractivity contribution in [2.24, 2.45) is 0 Å². The van der Waals surface area contributed by atoms with Crippen LogP contribution in [-0.4, -0.2) is 13.9 Å². The van der Waals surface area contributed by atoms with Crippen molar-refractivity contribution in [1.29, 1.82) is 0 Å². The minimum absolute atomic E-state index is 0.209. The highest BCUT2D eigenvalue weighted by Crippen LogP contribution is 2.34. The van der Waals surface area contributed by atoms with E-state index in [-0.39, 0.29) is 6.79 Å². The Bertz CT molecular complexity index is 524. The monoisotopic (exact) mass is 261 g/mol. The van der Waals surface area contributed by atoms with Crippen molar-refractivity contribution in [3.63, 3.8) is 0 Å². The molecular weight excluding hydrogens is 248 g/mol. The van der Waals surface area contributed by atoms with Crippen LogP contribution >= 0.6 is 11.6 Å². The number of halogens is 1. The van der Waals surface area contributed by atoms with Gasteiger partial charge in [0.15, 0.2) is 6.79 Å². The topological polar surface area (TPSA) is 18.5 Å². The molecule has 0 saturated carbocycles. The molecule has 0 fully saturated rings. The number of hydrogen-bond acceptors (Lipinski definition) is 2. The van der Waals surface area contributed by atoms with Gasteiger partial charge in [-0.25, -0.2) is 0 Å². The van der Waals surface area contributed by atoms with Gasteiger partial charge in [0.05, 0.1) is 0 Å². The minimum atomic E-state index is 0.209. The standard InChI is InChI=1S/C15H14ClO2/c1-11-8-15(18-10-17-2)13(9-14(11)16)12-6-4-3-5-7-12/h3-6,8-9H,10H2,1-2H3. The maximum absolute atomic E-state index is 6.17. The zero-order chi connectivity index (χ0) is 13.0. The zero-order valence-electron chi connectivity index (χ0n) is 10.4. The summed E-state index contributed by atoms with van der Waals surface area (Å²) in [6.07, 6.45) is 0. The van der Waals surface area contributed by atoms with E-state index in [0.29, 0.717) is 5.02 Å². The van der Waals surface area contributed by atoms with Gasteiger partial charge in [0.2, 0.25) is 0 Å². The first-order chi connectivity index (χ1) is 8.72. The second-order valence-electron chi connectivity index (χ2n) is 3.92. The largest absolute Gasteiger partial charge is 0.467 e. The van der Waals surface area contributed by atoms with Crippen molar-refractivity contribution in [3.05, 3.63) is 53.1 Å². The molecule has 93 valence electrons. The first-order valence-corrected chi connectivity index (χ1v) is 5.99. The predicted molar refractivity (Wildman–Crippen MR) is 73.0 cm³/mol. The summed E-state index contributed by atoms with van der Waals surface area (Å²) in [7, 11) is 1.59. The third kappa shape index (κ3) is 2.84. The van der Waals surface area contributed by atoms with Gasteiger partial charge >= 0.3 is 0 Å². The molecule has 0 atom stereocenters. The van der Waals surface area contributed by atoms with E-state index in [1.807, 2.05) is 43.3 Å². The van der Waals surface area contributed by atoms with Crippen LogP contribution in [0.5, 0.6) is 5.75 Å². The van der Waals surface area contributed by atoms with Crippen LogP contribution in [0.25, 0.3) is 11.1 Å². The smallest absolute Gasteiger partial charge is 0.188 e. The highest BCUT2D eigenvalue weighted by atomic mass is 35.5. The Kier molecular flexibility index (Phi) is 4.24. The molecule has 2 aromatic carbocycles. The Morgan fingerprint density at radius 3 is 2.78 bits per heavy atom. The zero-order valence-corrected chi connectivity index (χ0v) is 11.1. The van der Waals surface area contributed by atoms with Gasteiger partial charge in [0, 0.05) is 17.7 Å². The third-order valence-electron chi connectivity index (χ3n) is 2.59. The Balaban J connectivity index is 2.47. The number of benzene rings is 2. The minimum Gasteiger partial charge on any atom is -0.467 e. The number of methoxy groups -OCH3 is 1. The molecule has 0 N–H and O–H groups in total. The van der Waals surface area contributed by atoms with Gasteiger partial charge < -0.3 is 9.47 Å². The Morgan fingerprint density at radius 2 is 2.11 bits per heavy atom. The lowest BCUT2D eigenvalue weighted by Gasteiger charge is -2.13. The SMILES string of the molecule is COCOc1cc(C)c(Cl)cc1-c1[c]cccc1. The van der Waals surface area contributed by atoms with Crippen LogP contribution in [0.2, 0.25) is 5.02 Å². The van der Waals surface area contributed by atoms with E-state index in [1.165, 1.54) is 0 Å². The molecule has 0 aromatic heterocycles. The summed E-state index contributed by atoms with van der Waals surface area (Å²) in [5.74, 6) is 0.751. The Labute approximate surface area is 112 Å². The number of hydrogen-bond donors (Lipinski definition) is 0. The summed E-state index contributed by atoms with van der Waals surface area (Å²) >= 11 is 6.17. The number of aryl methyl sites for hydroxylation is 1. The molecule has 18 heavy (non-hydrogen) atoms. The van der Waals surface area contributed by atoms with Gasteiger partial charge in [0.25, 0.3) is 0 Å². The molecule has 0 unspecified atom stereocenters. The van der Waals surface area contributed by atoms with Crippen LogP contribution in [-0.2, 0) is 4.74 Å². The van der Waals surface area contributed by atoms with Crippen molar-refractivity contribution in [3.8, 4) is 16.9 Å². The molecule has 0 spiro atoms. The summed E-state index contributed by atoms with van der Waals surface area (Å²) in [6, 6.07) is 14.7. The lowest BCUT2D eigenvalue weighted by molar-refractivity contribution is 0.0515. The van der Waals surface area contributed by atoms with Gasteiger partial charge in [0.1, 0.15) is 5.75 Å². The van der Waals surface area contributed by atoms with Crippen LogP contribution in [0.1, 0.15) is 5.56 Å². The molecule has 1 radical (unpaired) electrons. The molecule has 0 bridgehead atoms. The summed E-state index contributed by atoms with van der Waals surface area (Å²) < 4.78 is 10.5. The average Bonchev–Trinajstić information content (AvgIpc) is 2.40. The van der Waals surface area contributed by atoms with Crippen LogP contribution in [0.3, 0.4) is 0 Å². The fourth-order valence-electron chi connectivity index (χ4n) is 1.67. The van der Waals surface area contributed by atoms with E-state index in [0.717, 1.165) is 22.4 Å². The van der Waals surface area contributed by atoms with E-state index in [9.17, 15) is 0 Å². The third-order valence-corrected chi connectivity index (χ3v) is 3.00. The normalized spacial score (nSPS) is 10.4. The molecule has 2 nitrogen and oxygen atoms in total. The van der Waals surface area contributed by atoms with E-state index in [4.69, 9.17) is 21.1 Å². The maximum atomic E-state index is 6.17. The van der Waals surface area contributed by atoms with Crippen LogP contribution in [0, 0.1) is 13.0 Å². The lowest BCUT2D eigenvalue weighted by Crippen LogP contribution is -2.00. The molecule has 3 heteroatoms. The molecule has 2 aromatic rings. The van der Waals surface area contributed by atoms with Crippen molar-refractivity contribution in [2.75, 3.05) is 13.9 Å². The Hall–Kier alpha value is -1.51. The van der Waals surface area contributed by atoms with Crippen molar-refractivity contribution in [2.45, 2.75) is 6.92 Å². The van der Waals surface area contributed by atoms with Gasteiger partial charge in [-0.15, -0.1) is 0 Å². The molecular formula is C15H14ClO2. The second-order valence-corrected chi connectivity index (χ2v) is 4.33. The van der Waals surface area contributed by atoms with Crippen LogP contribution < -0.4 is 4.74 Å². The number of rotatable bonds is 4. The fourth-order valence-corrected chi connectivity index (χ4v) is 1.83. The molecule has 0 aliphatic carbocycles. The van der Waals surface area contributed by atoms with Crippen LogP contribution in [0.4, 0.5) is 0 Å². The molecule has 0 amide bonds. The van der Waals surface area contributed by atoms with Gasteiger partial charge in [-0.3, -0.25) is 0 Å². The van der Waals surface area contributed by atoms with E-state index >= 15 is 0 Å². The summed E-state index contributed by atoms with van der Waals surface area (Å²) in [5, 5.41) is 0.715. The molecule has 0 heterocycles. The molecule has 0 saturated heterocycles. The van der Waals surface area contributed by atoms with Gasteiger partial charge in [-0.05, 0) is 36.2 Å². The second kappa shape index (κ2) is 5.89. The average molecular weight is 262 g/mol. The first kappa shape index (κ1) is 12.9. The lowest BCUT2D eigenvalue weighted by atomic mass is 10.0. The van der Waals surface area contributed by atoms with Crippen molar-refractivity contribution < 1.29 is 9.47 Å². The molecule has 0 aliphatic rings.